The van der Waals surface area contributed by atoms with Crippen LogP contribution in [0.3, 0.4) is 0 Å². The Kier molecular flexibility index (Phi) is 2.94. The van der Waals surface area contributed by atoms with E-state index in [-0.39, 0.29) is 30.4 Å². The molecular formula is C5H11ClN2O. The average molecular weight is 151 g/mol. The van der Waals surface area contributed by atoms with Gasteiger partial charge in [-0.3, -0.25) is 4.79 Å². The van der Waals surface area contributed by atoms with Gasteiger partial charge in [0.05, 0.1) is 0 Å². The maximum Gasteiger partial charge on any atom is 0.217 e. The van der Waals surface area contributed by atoms with Gasteiger partial charge in [0.2, 0.25) is 5.91 Å². The molecule has 2 atom stereocenters. The lowest BCUT2D eigenvalue weighted by atomic mass is 10.6. The van der Waals surface area contributed by atoms with Crippen LogP contribution in [-0.4, -0.2) is 18.0 Å². The molecule has 0 aromatic rings. The zero-order valence-electron chi connectivity index (χ0n) is 5.26. The van der Waals surface area contributed by atoms with Crippen molar-refractivity contribution in [3.05, 3.63) is 0 Å². The zero-order valence-corrected chi connectivity index (χ0v) is 6.07. The lowest BCUT2D eigenvalue weighted by Crippen LogP contribution is -2.26. The minimum Gasteiger partial charge on any atom is -0.352 e. The molecule has 1 fully saturated rings. The summed E-state index contributed by atoms with van der Waals surface area (Å²) in [6.07, 6.45) is 0.944. The fraction of sp³-hybridized carbons (Fsp3) is 0.800. The highest BCUT2D eigenvalue weighted by Gasteiger charge is 2.33. The van der Waals surface area contributed by atoms with Gasteiger partial charge in [-0.2, -0.15) is 0 Å². The Morgan fingerprint density at radius 3 is 2.33 bits per heavy atom. The van der Waals surface area contributed by atoms with E-state index in [1.165, 1.54) is 6.92 Å². The molecule has 1 saturated carbocycles. The molecule has 3 nitrogen and oxygen atoms in total. The van der Waals surface area contributed by atoms with Gasteiger partial charge in [0.1, 0.15) is 0 Å². The van der Waals surface area contributed by atoms with E-state index in [9.17, 15) is 4.79 Å². The van der Waals surface area contributed by atoms with Crippen LogP contribution in [0.5, 0.6) is 0 Å². The smallest absolute Gasteiger partial charge is 0.217 e. The largest absolute Gasteiger partial charge is 0.352 e. The second-order valence-electron chi connectivity index (χ2n) is 2.21. The standard InChI is InChI=1S/C5H10N2O.ClH/c1-3(8)7-5-2-4(5)6;/h4-5H,2,6H2,1H3,(H,7,8);1H/t4-,5-;/m1./s1. The van der Waals surface area contributed by atoms with Crippen molar-refractivity contribution in [3.8, 4) is 0 Å². The van der Waals surface area contributed by atoms with E-state index in [2.05, 4.69) is 5.32 Å². The van der Waals surface area contributed by atoms with Crippen LogP contribution in [-0.2, 0) is 4.79 Å². The number of nitrogens with two attached hydrogens (primary N) is 1. The van der Waals surface area contributed by atoms with Crippen LogP contribution >= 0.6 is 12.4 Å². The van der Waals surface area contributed by atoms with E-state index in [1.54, 1.807) is 0 Å². The molecule has 0 heterocycles. The second-order valence-corrected chi connectivity index (χ2v) is 2.21. The summed E-state index contributed by atoms with van der Waals surface area (Å²) in [5, 5.41) is 2.70. The van der Waals surface area contributed by atoms with E-state index in [0.29, 0.717) is 0 Å². The number of hydrogen-bond acceptors (Lipinski definition) is 2. The summed E-state index contributed by atoms with van der Waals surface area (Å²) in [4.78, 5) is 10.3. The van der Waals surface area contributed by atoms with Gasteiger partial charge in [-0.25, -0.2) is 0 Å². The van der Waals surface area contributed by atoms with Crippen molar-refractivity contribution in [3.63, 3.8) is 0 Å². The summed E-state index contributed by atoms with van der Waals surface area (Å²) in [7, 11) is 0. The van der Waals surface area contributed by atoms with E-state index in [4.69, 9.17) is 5.73 Å². The molecule has 1 rings (SSSR count). The van der Waals surface area contributed by atoms with Gasteiger partial charge in [-0.15, -0.1) is 12.4 Å². The lowest BCUT2D eigenvalue weighted by molar-refractivity contribution is -0.119. The van der Waals surface area contributed by atoms with Crippen molar-refractivity contribution in [2.24, 2.45) is 5.73 Å². The topological polar surface area (TPSA) is 55.1 Å². The van der Waals surface area contributed by atoms with Crippen LogP contribution < -0.4 is 11.1 Å². The summed E-state index contributed by atoms with van der Waals surface area (Å²) >= 11 is 0. The van der Waals surface area contributed by atoms with Crippen LogP contribution in [0.2, 0.25) is 0 Å². The molecule has 4 heteroatoms. The Morgan fingerprint density at radius 2 is 2.22 bits per heavy atom. The predicted molar refractivity (Wildman–Crippen MR) is 37.4 cm³/mol. The Labute approximate surface area is 60.4 Å². The van der Waals surface area contributed by atoms with Gasteiger partial charge >= 0.3 is 0 Å². The van der Waals surface area contributed by atoms with Gasteiger partial charge in [0.25, 0.3) is 0 Å². The average Bonchev–Trinajstić information content (AvgIpc) is 2.17. The maximum absolute atomic E-state index is 10.3. The molecule has 0 spiro atoms. The molecule has 54 valence electrons. The molecule has 1 aliphatic carbocycles. The van der Waals surface area contributed by atoms with E-state index in [1.807, 2.05) is 0 Å². The van der Waals surface area contributed by atoms with Crippen LogP contribution in [0.15, 0.2) is 0 Å². The van der Waals surface area contributed by atoms with E-state index >= 15 is 0 Å². The van der Waals surface area contributed by atoms with E-state index < -0.39 is 0 Å². The first kappa shape index (κ1) is 8.72. The Balaban J connectivity index is 0.000000640. The number of amides is 1. The first-order valence-corrected chi connectivity index (χ1v) is 2.73. The van der Waals surface area contributed by atoms with Crippen molar-refractivity contribution in [1.82, 2.24) is 5.32 Å². The second kappa shape index (κ2) is 3.03. The summed E-state index contributed by atoms with van der Waals surface area (Å²) in [5.74, 6) is 0.0166. The Morgan fingerprint density at radius 1 is 1.78 bits per heavy atom. The highest BCUT2D eigenvalue weighted by Crippen LogP contribution is 2.16. The minimum atomic E-state index is 0. The Hall–Kier alpha value is -0.280. The summed E-state index contributed by atoms with van der Waals surface area (Å²) < 4.78 is 0. The van der Waals surface area contributed by atoms with Crippen molar-refractivity contribution >= 4 is 18.3 Å². The summed E-state index contributed by atoms with van der Waals surface area (Å²) in [5.41, 5.74) is 5.40. The third-order valence-corrected chi connectivity index (χ3v) is 1.23. The summed E-state index contributed by atoms with van der Waals surface area (Å²) in [6, 6.07) is 0.492. The molecular weight excluding hydrogens is 140 g/mol. The Bertz CT molecular complexity index is 118. The van der Waals surface area contributed by atoms with Gasteiger partial charge < -0.3 is 11.1 Å². The molecule has 3 N–H and O–H groups in total. The number of nitrogens with one attached hydrogen (secondary N) is 1. The molecule has 0 aromatic heterocycles. The van der Waals surface area contributed by atoms with Crippen molar-refractivity contribution < 1.29 is 4.79 Å². The monoisotopic (exact) mass is 150 g/mol. The van der Waals surface area contributed by atoms with Crippen LogP contribution in [0.1, 0.15) is 13.3 Å². The molecule has 0 unspecified atom stereocenters. The molecule has 9 heavy (non-hydrogen) atoms. The zero-order chi connectivity index (χ0) is 6.15. The fourth-order valence-corrected chi connectivity index (χ4v) is 0.642. The summed E-state index contributed by atoms with van der Waals surface area (Å²) in [6.45, 7) is 1.50. The predicted octanol–water partition coefficient (Wildman–Crippen LogP) is -0.356. The molecule has 0 radical (unpaired) electrons. The molecule has 0 aromatic carbocycles. The van der Waals surface area contributed by atoms with Gasteiger partial charge in [0, 0.05) is 19.0 Å². The van der Waals surface area contributed by atoms with E-state index in [0.717, 1.165) is 6.42 Å². The van der Waals surface area contributed by atoms with Gasteiger partial charge in [0.15, 0.2) is 0 Å². The highest BCUT2D eigenvalue weighted by atomic mass is 35.5. The molecule has 0 aliphatic heterocycles. The number of rotatable bonds is 1. The highest BCUT2D eigenvalue weighted by molar-refractivity contribution is 5.85. The van der Waals surface area contributed by atoms with Crippen LogP contribution in [0.25, 0.3) is 0 Å². The number of hydrogen-bond donors (Lipinski definition) is 2. The minimum absolute atomic E-state index is 0. The van der Waals surface area contributed by atoms with Crippen molar-refractivity contribution in [2.75, 3.05) is 0 Å². The molecule has 0 bridgehead atoms. The molecule has 1 aliphatic rings. The number of carbonyl (C=O) groups excluding carboxylic acids is 1. The van der Waals surface area contributed by atoms with Crippen LogP contribution in [0.4, 0.5) is 0 Å². The maximum atomic E-state index is 10.3. The van der Waals surface area contributed by atoms with Gasteiger partial charge in [-0.1, -0.05) is 0 Å². The third kappa shape index (κ3) is 2.67. The molecule has 1 amide bonds. The number of carbonyl (C=O) groups is 1. The van der Waals surface area contributed by atoms with Crippen molar-refractivity contribution in [2.45, 2.75) is 25.4 Å². The number of halogens is 1. The first-order valence-electron chi connectivity index (χ1n) is 2.73. The fourth-order valence-electron chi connectivity index (χ4n) is 0.642. The first-order chi connectivity index (χ1) is 3.70. The van der Waals surface area contributed by atoms with Crippen molar-refractivity contribution in [1.29, 1.82) is 0 Å². The lowest BCUT2D eigenvalue weighted by Gasteiger charge is -1.94. The van der Waals surface area contributed by atoms with Gasteiger partial charge in [-0.05, 0) is 6.42 Å². The third-order valence-electron chi connectivity index (χ3n) is 1.23. The SMILES string of the molecule is CC(=O)N[C@@H]1C[C@H]1N.Cl. The van der Waals surface area contributed by atoms with Crippen LogP contribution in [0, 0.1) is 0 Å². The quantitative estimate of drug-likeness (QED) is 0.537. The molecule has 0 saturated heterocycles. The normalized spacial score (nSPS) is 30.4.